The van der Waals surface area contributed by atoms with Crippen LogP contribution < -0.4 is 10.3 Å². The van der Waals surface area contributed by atoms with Crippen molar-refractivity contribution >= 4 is 10.9 Å². The van der Waals surface area contributed by atoms with E-state index in [4.69, 9.17) is 4.74 Å². The molecule has 0 aliphatic carbocycles. The highest BCUT2D eigenvalue weighted by Crippen LogP contribution is 2.15. The first kappa shape index (κ1) is 7.91. The average molecular weight is 178 g/mol. The van der Waals surface area contributed by atoms with Gasteiger partial charge in [0, 0.05) is 7.05 Å². The van der Waals surface area contributed by atoms with Gasteiger partial charge in [0.05, 0.1) is 18.0 Å². The van der Waals surface area contributed by atoms with Crippen LogP contribution >= 0.6 is 0 Å². The Morgan fingerprint density at radius 1 is 1.46 bits per heavy atom. The number of fused-ring (bicyclic) bond motifs is 1. The summed E-state index contributed by atoms with van der Waals surface area (Å²) in [5, 5.41) is 3.58. The highest BCUT2D eigenvalue weighted by atomic mass is 16.5. The molecule has 2 aromatic rings. The lowest BCUT2D eigenvalue weighted by Crippen LogP contribution is -2.11. The van der Waals surface area contributed by atoms with Gasteiger partial charge in [0.2, 0.25) is 0 Å². The molecule has 1 N–H and O–H groups in total. The van der Waals surface area contributed by atoms with Gasteiger partial charge in [-0.05, 0) is 18.2 Å². The first-order valence-corrected chi connectivity index (χ1v) is 3.95. The molecule has 1 aromatic carbocycles. The van der Waals surface area contributed by atoms with Crippen LogP contribution in [0.4, 0.5) is 0 Å². The third-order valence-corrected chi connectivity index (χ3v) is 2.05. The predicted octanol–water partition coefficient (Wildman–Crippen LogP) is 0.875. The number of methoxy groups -OCH3 is 1. The summed E-state index contributed by atoms with van der Waals surface area (Å²) in [6.45, 7) is 0. The van der Waals surface area contributed by atoms with Gasteiger partial charge in [-0.25, -0.2) is 0 Å². The van der Waals surface area contributed by atoms with Crippen molar-refractivity contribution in [3.63, 3.8) is 0 Å². The summed E-state index contributed by atoms with van der Waals surface area (Å²) in [7, 11) is 3.27. The van der Waals surface area contributed by atoms with Crippen molar-refractivity contribution in [1.82, 2.24) is 9.78 Å². The average Bonchev–Trinajstić information content (AvgIpc) is 2.43. The van der Waals surface area contributed by atoms with Crippen LogP contribution in [0.25, 0.3) is 10.9 Å². The highest BCUT2D eigenvalue weighted by molar-refractivity contribution is 5.79. The molecule has 0 saturated heterocycles. The molecule has 1 aromatic heterocycles. The second-order valence-electron chi connectivity index (χ2n) is 2.89. The number of hydrogen-bond donors (Lipinski definition) is 1. The molecule has 4 heteroatoms. The van der Waals surface area contributed by atoms with Gasteiger partial charge in [-0.3, -0.25) is 14.6 Å². The van der Waals surface area contributed by atoms with E-state index in [1.54, 1.807) is 20.2 Å². The van der Waals surface area contributed by atoms with Gasteiger partial charge in [0.25, 0.3) is 5.56 Å². The van der Waals surface area contributed by atoms with E-state index in [-0.39, 0.29) is 5.56 Å². The van der Waals surface area contributed by atoms with Gasteiger partial charge >= 0.3 is 0 Å². The lowest BCUT2D eigenvalue weighted by atomic mass is 10.2. The molecule has 0 fully saturated rings. The number of H-pyrrole nitrogens is 1. The fraction of sp³-hybridized carbons (Fsp3) is 0.222. The molecule has 68 valence electrons. The second kappa shape index (κ2) is 2.65. The van der Waals surface area contributed by atoms with Gasteiger partial charge in [-0.2, -0.15) is 0 Å². The molecule has 0 amide bonds. The van der Waals surface area contributed by atoms with Crippen LogP contribution in [0.5, 0.6) is 5.75 Å². The molecular formula is C9H10N2O2. The standard InChI is InChI=1S/C9H10N2O2/c1-11-9(12)7-5-6(13-2)3-4-8(7)10-11/h3-5,10H,1-2H3. The molecule has 0 atom stereocenters. The number of aromatic nitrogens is 2. The zero-order chi connectivity index (χ0) is 9.42. The van der Waals surface area contributed by atoms with E-state index in [0.29, 0.717) is 11.1 Å². The van der Waals surface area contributed by atoms with Crippen molar-refractivity contribution in [3.8, 4) is 5.75 Å². The van der Waals surface area contributed by atoms with Gasteiger partial charge in [0.15, 0.2) is 0 Å². The monoisotopic (exact) mass is 178 g/mol. The highest BCUT2D eigenvalue weighted by Gasteiger charge is 2.03. The number of nitrogens with one attached hydrogen (secondary N) is 1. The van der Waals surface area contributed by atoms with E-state index in [1.165, 1.54) is 4.68 Å². The summed E-state index contributed by atoms with van der Waals surface area (Å²) >= 11 is 0. The molecular weight excluding hydrogens is 168 g/mol. The van der Waals surface area contributed by atoms with Crippen LogP contribution in [0, 0.1) is 0 Å². The van der Waals surface area contributed by atoms with Crippen molar-refractivity contribution < 1.29 is 4.74 Å². The third-order valence-electron chi connectivity index (χ3n) is 2.05. The van der Waals surface area contributed by atoms with Crippen LogP contribution in [-0.2, 0) is 7.05 Å². The van der Waals surface area contributed by atoms with Crippen molar-refractivity contribution in [1.29, 1.82) is 0 Å². The van der Waals surface area contributed by atoms with E-state index >= 15 is 0 Å². The van der Waals surface area contributed by atoms with Crippen molar-refractivity contribution in [2.75, 3.05) is 7.11 Å². The quantitative estimate of drug-likeness (QED) is 0.704. The fourth-order valence-electron chi connectivity index (χ4n) is 1.34. The molecule has 0 spiro atoms. The Balaban J connectivity index is 2.82. The van der Waals surface area contributed by atoms with Crippen LogP contribution in [0.1, 0.15) is 0 Å². The van der Waals surface area contributed by atoms with E-state index < -0.39 is 0 Å². The van der Waals surface area contributed by atoms with Crippen LogP contribution in [0.15, 0.2) is 23.0 Å². The summed E-state index contributed by atoms with van der Waals surface area (Å²) in [6, 6.07) is 5.38. The van der Waals surface area contributed by atoms with Gasteiger partial charge in [0.1, 0.15) is 5.75 Å². The minimum atomic E-state index is -0.0334. The zero-order valence-corrected chi connectivity index (χ0v) is 7.50. The first-order valence-electron chi connectivity index (χ1n) is 3.95. The third kappa shape index (κ3) is 1.11. The predicted molar refractivity (Wildman–Crippen MR) is 50.1 cm³/mol. The second-order valence-corrected chi connectivity index (χ2v) is 2.89. The minimum Gasteiger partial charge on any atom is -0.497 e. The molecule has 2 rings (SSSR count). The Hall–Kier alpha value is -1.71. The minimum absolute atomic E-state index is 0.0334. The summed E-state index contributed by atoms with van der Waals surface area (Å²) < 4.78 is 6.47. The maximum atomic E-state index is 11.5. The number of rotatable bonds is 1. The molecule has 0 saturated carbocycles. The number of nitrogens with zero attached hydrogens (tertiary/aromatic N) is 1. The zero-order valence-electron chi connectivity index (χ0n) is 7.50. The lowest BCUT2D eigenvalue weighted by molar-refractivity contribution is 0.415. The molecule has 0 unspecified atom stereocenters. The van der Waals surface area contributed by atoms with Gasteiger partial charge in [-0.1, -0.05) is 0 Å². The number of ether oxygens (including phenoxy) is 1. The number of aryl methyl sites for hydroxylation is 1. The number of hydrogen-bond acceptors (Lipinski definition) is 2. The number of benzene rings is 1. The smallest absolute Gasteiger partial charge is 0.274 e. The maximum Gasteiger partial charge on any atom is 0.274 e. The Labute approximate surface area is 74.7 Å². The molecule has 0 bridgehead atoms. The molecule has 0 aliphatic rings. The summed E-state index contributed by atoms with van der Waals surface area (Å²) in [5.41, 5.74) is 0.794. The lowest BCUT2D eigenvalue weighted by Gasteiger charge is -1.96. The van der Waals surface area contributed by atoms with Crippen molar-refractivity contribution in [2.24, 2.45) is 7.05 Å². The largest absolute Gasteiger partial charge is 0.497 e. The SMILES string of the molecule is COc1ccc2[nH]n(C)c(=O)c2c1. The van der Waals surface area contributed by atoms with Gasteiger partial charge < -0.3 is 4.74 Å². The Morgan fingerprint density at radius 3 is 2.92 bits per heavy atom. The Kier molecular flexibility index (Phi) is 1.62. The van der Waals surface area contributed by atoms with E-state index in [0.717, 1.165) is 5.52 Å². The van der Waals surface area contributed by atoms with Crippen LogP contribution in [-0.4, -0.2) is 16.9 Å². The molecule has 13 heavy (non-hydrogen) atoms. The Morgan fingerprint density at radius 2 is 2.23 bits per heavy atom. The molecule has 0 radical (unpaired) electrons. The van der Waals surface area contributed by atoms with E-state index in [9.17, 15) is 4.79 Å². The maximum absolute atomic E-state index is 11.5. The van der Waals surface area contributed by atoms with Gasteiger partial charge in [-0.15, -0.1) is 0 Å². The van der Waals surface area contributed by atoms with E-state index in [1.807, 2.05) is 12.1 Å². The van der Waals surface area contributed by atoms with Crippen molar-refractivity contribution in [2.45, 2.75) is 0 Å². The van der Waals surface area contributed by atoms with Crippen LogP contribution in [0.2, 0.25) is 0 Å². The number of aromatic amines is 1. The Bertz CT molecular complexity index is 496. The molecule has 1 heterocycles. The van der Waals surface area contributed by atoms with Crippen molar-refractivity contribution in [3.05, 3.63) is 28.6 Å². The fourth-order valence-corrected chi connectivity index (χ4v) is 1.34. The first-order chi connectivity index (χ1) is 6.22. The summed E-state index contributed by atoms with van der Waals surface area (Å²) in [6.07, 6.45) is 0. The van der Waals surface area contributed by atoms with E-state index in [2.05, 4.69) is 5.10 Å². The normalized spacial score (nSPS) is 10.6. The molecule has 0 aliphatic heterocycles. The topological polar surface area (TPSA) is 47.0 Å². The summed E-state index contributed by atoms with van der Waals surface area (Å²) in [5.74, 6) is 0.698. The summed E-state index contributed by atoms with van der Waals surface area (Å²) in [4.78, 5) is 11.5. The molecule has 4 nitrogen and oxygen atoms in total. The van der Waals surface area contributed by atoms with Crippen LogP contribution in [0.3, 0.4) is 0 Å².